The molecule has 0 N–H and O–H groups in total. The van der Waals surface area contributed by atoms with Crippen LogP contribution in [0.4, 0.5) is 0 Å². The first kappa shape index (κ1) is 20.7. The summed E-state index contributed by atoms with van der Waals surface area (Å²) >= 11 is 0. The number of nitrogens with zero attached hydrogens (tertiary/aromatic N) is 1. The fraction of sp³-hybridized carbons (Fsp3) is 0.138. The molecule has 1 aliphatic heterocycles. The Morgan fingerprint density at radius 2 is 1.19 bits per heavy atom. The first-order chi connectivity index (χ1) is 15.9. The van der Waals surface area contributed by atoms with E-state index in [1.807, 2.05) is 6.07 Å². The second kappa shape index (κ2) is 9.94. The van der Waals surface area contributed by atoms with Gasteiger partial charge in [0, 0.05) is 12.1 Å². The maximum Gasteiger partial charge on any atom is 0.185 e. The maximum atomic E-state index is 6.15. The lowest BCUT2D eigenvalue weighted by molar-refractivity contribution is 0.311. The average Bonchev–Trinajstić information content (AvgIpc) is 3.35. The predicted octanol–water partition coefficient (Wildman–Crippen LogP) is 6.42. The summed E-state index contributed by atoms with van der Waals surface area (Å²) in [4.78, 5) is 5.00. The minimum absolute atomic E-state index is 0.0855. The molecule has 0 aromatic heterocycles. The molecule has 3 heteroatoms. The Labute approximate surface area is 191 Å². The lowest BCUT2D eigenvalue weighted by Crippen LogP contribution is -2.19. The van der Waals surface area contributed by atoms with Crippen LogP contribution < -0.4 is 10.6 Å². The SMILES string of the molecule is c1ccc([C@H]2COC(C[C@@H](c3ccccc3)P(c3ccccc3)c3ccccc3)=N2)cc1. The average molecular weight is 436 g/mol. The van der Waals surface area contributed by atoms with Crippen molar-refractivity contribution < 1.29 is 4.74 Å². The highest BCUT2D eigenvalue weighted by Gasteiger charge is 2.30. The monoisotopic (exact) mass is 435 g/mol. The first-order valence-electron chi connectivity index (χ1n) is 11.1. The Kier molecular flexibility index (Phi) is 6.42. The molecule has 2 atom stereocenters. The Balaban J connectivity index is 1.53. The van der Waals surface area contributed by atoms with Crippen LogP contribution in [0.1, 0.15) is 29.2 Å². The Morgan fingerprint density at radius 3 is 1.75 bits per heavy atom. The minimum atomic E-state index is -0.636. The quantitative estimate of drug-likeness (QED) is 0.307. The van der Waals surface area contributed by atoms with Crippen LogP contribution in [0.25, 0.3) is 0 Å². The molecule has 0 unspecified atom stereocenters. The Morgan fingerprint density at radius 1 is 0.688 bits per heavy atom. The number of hydrogen-bond acceptors (Lipinski definition) is 2. The number of rotatable bonds is 7. The van der Waals surface area contributed by atoms with Gasteiger partial charge < -0.3 is 4.74 Å². The van der Waals surface area contributed by atoms with Gasteiger partial charge in [-0.15, -0.1) is 0 Å². The van der Waals surface area contributed by atoms with Gasteiger partial charge in [0.15, 0.2) is 5.90 Å². The molecule has 0 bridgehead atoms. The smallest absolute Gasteiger partial charge is 0.185 e. The molecular weight excluding hydrogens is 409 g/mol. The van der Waals surface area contributed by atoms with Crippen molar-refractivity contribution in [1.29, 1.82) is 0 Å². The third-order valence-electron chi connectivity index (χ3n) is 5.82. The van der Waals surface area contributed by atoms with Gasteiger partial charge in [-0.25, -0.2) is 4.99 Å². The number of benzene rings is 4. The molecule has 1 aliphatic rings. The second-order valence-electron chi connectivity index (χ2n) is 7.93. The van der Waals surface area contributed by atoms with Crippen LogP contribution in [-0.4, -0.2) is 12.5 Å². The van der Waals surface area contributed by atoms with Crippen LogP contribution in [0, 0.1) is 0 Å². The highest BCUT2D eigenvalue weighted by molar-refractivity contribution is 7.73. The van der Waals surface area contributed by atoms with Crippen LogP contribution in [0.5, 0.6) is 0 Å². The van der Waals surface area contributed by atoms with Crippen molar-refractivity contribution in [3.63, 3.8) is 0 Å². The second-order valence-corrected chi connectivity index (χ2v) is 10.3. The highest BCUT2D eigenvalue weighted by Crippen LogP contribution is 2.52. The van der Waals surface area contributed by atoms with Crippen molar-refractivity contribution in [3.8, 4) is 0 Å². The van der Waals surface area contributed by atoms with Crippen molar-refractivity contribution in [3.05, 3.63) is 132 Å². The molecule has 4 aromatic rings. The maximum absolute atomic E-state index is 6.15. The molecule has 0 radical (unpaired) electrons. The van der Waals surface area contributed by atoms with Gasteiger partial charge in [0.25, 0.3) is 0 Å². The normalized spacial score (nSPS) is 16.4. The lowest BCUT2D eigenvalue weighted by atomic mass is 10.1. The largest absolute Gasteiger partial charge is 0.478 e. The highest BCUT2D eigenvalue weighted by atomic mass is 31.1. The fourth-order valence-corrected chi connectivity index (χ4v) is 7.08. The van der Waals surface area contributed by atoms with Crippen LogP contribution >= 0.6 is 7.92 Å². The lowest BCUT2D eigenvalue weighted by Gasteiger charge is -2.29. The van der Waals surface area contributed by atoms with Crippen LogP contribution in [0.3, 0.4) is 0 Å². The number of hydrogen-bond donors (Lipinski definition) is 0. The van der Waals surface area contributed by atoms with E-state index in [2.05, 4.69) is 115 Å². The molecule has 158 valence electrons. The van der Waals surface area contributed by atoms with Crippen molar-refractivity contribution >= 4 is 24.4 Å². The molecule has 0 saturated heterocycles. The summed E-state index contributed by atoms with van der Waals surface area (Å²) in [6, 6.07) is 43.2. The minimum Gasteiger partial charge on any atom is -0.478 e. The van der Waals surface area contributed by atoms with E-state index in [0.29, 0.717) is 6.61 Å². The number of ether oxygens (including phenoxy) is 1. The number of aliphatic imine (C=N–C) groups is 1. The molecule has 32 heavy (non-hydrogen) atoms. The van der Waals surface area contributed by atoms with Gasteiger partial charge in [-0.05, 0) is 29.7 Å². The summed E-state index contributed by atoms with van der Waals surface area (Å²) in [6.45, 7) is 0.620. The van der Waals surface area contributed by atoms with Crippen LogP contribution in [-0.2, 0) is 4.74 Å². The molecule has 2 nitrogen and oxygen atoms in total. The van der Waals surface area contributed by atoms with E-state index in [4.69, 9.17) is 9.73 Å². The van der Waals surface area contributed by atoms with Gasteiger partial charge in [-0.3, -0.25) is 0 Å². The van der Waals surface area contributed by atoms with E-state index in [0.717, 1.165) is 12.3 Å². The summed E-state index contributed by atoms with van der Waals surface area (Å²) in [5, 5.41) is 2.75. The Bertz CT molecular complexity index is 1110. The van der Waals surface area contributed by atoms with E-state index < -0.39 is 7.92 Å². The van der Waals surface area contributed by atoms with Crippen molar-refractivity contribution in [2.45, 2.75) is 18.1 Å². The summed E-state index contributed by atoms with van der Waals surface area (Å²) in [6.07, 6.45) is 0.794. The van der Waals surface area contributed by atoms with E-state index in [-0.39, 0.29) is 11.7 Å². The molecule has 1 heterocycles. The van der Waals surface area contributed by atoms with E-state index in [1.54, 1.807) is 0 Å². The van der Waals surface area contributed by atoms with Gasteiger partial charge in [0.1, 0.15) is 12.6 Å². The molecule has 0 saturated carbocycles. The Hall–Kier alpha value is -3.22. The molecular formula is C29H26NOP. The molecule has 5 rings (SSSR count). The zero-order valence-electron chi connectivity index (χ0n) is 17.9. The fourth-order valence-electron chi connectivity index (χ4n) is 4.27. The first-order valence-corrected chi connectivity index (χ1v) is 12.5. The molecule has 0 spiro atoms. The van der Waals surface area contributed by atoms with Crippen molar-refractivity contribution in [2.24, 2.45) is 4.99 Å². The third kappa shape index (κ3) is 4.66. The zero-order chi connectivity index (χ0) is 21.6. The van der Waals surface area contributed by atoms with Gasteiger partial charge >= 0.3 is 0 Å². The summed E-state index contributed by atoms with van der Waals surface area (Å²) in [7, 11) is -0.636. The zero-order valence-corrected chi connectivity index (χ0v) is 18.8. The van der Waals surface area contributed by atoms with Crippen molar-refractivity contribution in [1.82, 2.24) is 0 Å². The molecule has 0 fully saturated rings. The van der Waals surface area contributed by atoms with Gasteiger partial charge in [0.05, 0.1) is 0 Å². The third-order valence-corrected chi connectivity index (χ3v) is 8.64. The van der Waals surface area contributed by atoms with Gasteiger partial charge in [-0.1, -0.05) is 121 Å². The molecule has 0 amide bonds. The van der Waals surface area contributed by atoms with Gasteiger partial charge in [-0.2, -0.15) is 0 Å². The summed E-state index contributed by atoms with van der Waals surface area (Å²) in [5.74, 6) is 0.868. The summed E-state index contributed by atoms with van der Waals surface area (Å²) in [5.41, 5.74) is 2.83. The van der Waals surface area contributed by atoms with Gasteiger partial charge in [0.2, 0.25) is 0 Å². The molecule has 0 aliphatic carbocycles. The van der Waals surface area contributed by atoms with E-state index in [9.17, 15) is 0 Å². The van der Waals surface area contributed by atoms with E-state index in [1.165, 1.54) is 21.7 Å². The summed E-state index contributed by atoms with van der Waals surface area (Å²) < 4.78 is 6.15. The van der Waals surface area contributed by atoms with E-state index >= 15 is 0 Å². The van der Waals surface area contributed by atoms with Crippen LogP contribution in [0.15, 0.2) is 126 Å². The predicted molar refractivity (Wildman–Crippen MR) is 135 cm³/mol. The van der Waals surface area contributed by atoms with Crippen molar-refractivity contribution in [2.75, 3.05) is 6.61 Å². The standard InChI is InChI=1S/C29H26NOP/c1-5-13-23(14-6-1)27-22-31-29(30-27)21-28(24-15-7-2-8-16-24)32(25-17-9-3-10-18-25)26-19-11-4-12-20-26/h1-20,27-28H,21-22H2/t27-,28+/m1/s1. The topological polar surface area (TPSA) is 21.6 Å². The molecule has 4 aromatic carbocycles. The van der Waals surface area contributed by atoms with Crippen LogP contribution in [0.2, 0.25) is 0 Å².